The van der Waals surface area contributed by atoms with Gasteiger partial charge in [0.1, 0.15) is 11.6 Å². The molecule has 6 nitrogen and oxygen atoms in total. The zero-order valence-corrected chi connectivity index (χ0v) is 22.4. The normalized spacial score (nSPS) is 34.0. The van der Waals surface area contributed by atoms with Crippen molar-refractivity contribution in [2.45, 2.75) is 81.4 Å². The SMILES string of the molecule is COC1CSCC1(C(=O)NC12CC(NC(=O)COc3ccc(Cl)c(F)c3)(C1)C2)C1CCCCCCC1. The van der Waals surface area contributed by atoms with Gasteiger partial charge in [-0.15, -0.1) is 0 Å². The van der Waals surface area contributed by atoms with Crippen molar-refractivity contribution in [1.29, 1.82) is 0 Å². The van der Waals surface area contributed by atoms with E-state index in [0.717, 1.165) is 43.6 Å². The Labute approximate surface area is 221 Å². The molecule has 5 aliphatic rings. The molecule has 1 heterocycles. The molecule has 0 radical (unpaired) electrons. The number of rotatable bonds is 8. The van der Waals surface area contributed by atoms with Gasteiger partial charge in [-0.2, -0.15) is 11.8 Å². The average molecular weight is 539 g/mol. The second-order valence-electron chi connectivity index (χ2n) is 11.3. The fourth-order valence-corrected chi connectivity index (χ4v) is 8.84. The van der Waals surface area contributed by atoms with Crippen molar-refractivity contribution < 1.29 is 23.5 Å². The Morgan fingerprint density at radius 2 is 1.75 bits per heavy atom. The molecule has 2 atom stereocenters. The molecular formula is C27H36ClFN2O4S. The van der Waals surface area contributed by atoms with Crippen molar-refractivity contribution in [1.82, 2.24) is 10.6 Å². The van der Waals surface area contributed by atoms with Gasteiger partial charge in [-0.25, -0.2) is 4.39 Å². The van der Waals surface area contributed by atoms with E-state index in [0.29, 0.717) is 5.92 Å². The number of hydrogen-bond acceptors (Lipinski definition) is 5. The van der Waals surface area contributed by atoms with Crippen LogP contribution in [0.1, 0.15) is 64.2 Å². The highest BCUT2D eigenvalue weighted by Gasteiger charge is 2.70. The Hall–Kier alpha value is -1.51. The van der Waals surface area contributed by atoms with Gasteiger partial charge in [0.15, 0.2) is 6.61 Å². The predicted molar refractivity (Wildman–Crippen MR) is 139 cm³/mol. The fourth-order valence-electron chi connectivity index (χ4n) is 7.06. The minimum Gasteiger partial charge on any atom is -0.484 e. The molecule has 2 bridgehead atoms. The Morgan fingerprint density at radius 3 is 2.42 bits per heavy atom. The van der Waals surface area contributed by atoms with E-state index in [2.05, 4.69) is 10.6 Å². The highest BCUT2D eigenvalue weighted by atomic mass is 35.5. The van der Waals surface area contributed by atoms with Gasteiger partial charge in [0, 0.05) is 35.8 Å². The van der Waals surface area contributed by atoms with Gasteiger partial charge in [0.25, 0.3) is 5.91 Å². The van der Waals surface area contributed by atoms with E-state index in [1.807, 2.05) is 11.8 Å². The number of hydrogen-bond donors (Lipinski definition) is 2. The Bertz CT molecular complexity index is 982. The van der Waals surface area contributed by atoms with Crippen LogP contribution in [0, 0.1) is 17.2 Å². The van der Waals surface area contributed by atoms with E-state index in [1.54, 1.807) is 7.11 Å². The summed E-state index contributed by atoms with van der Waals surface area (Å²) in [6, 6.07) is 4.10. The largest absolute Gasteiger partial charge is 0.484 e. The standard InChI is InChI=1S/C27H36ClFN2O4S/c1-34-22-13-36-17-27(22,18-7-5-3-2-4-6-8-18)24(33)31-26-14-25(15-26,16-26)30-23(32)12-35-19-9-10-20(28)21(29)11-19/h9-11,18,22H,2-8,12-17H2,1H3,(H,30,32)(H,31,33). The van der Waals surface area contributed by atoms with Gasteiger partial charge in [-0.3, -0.25) is 9.59 Å². The second kappa shape index (κ2) is 10.3. The second-order valence-corrected chi connectivity index (χ2v) is 12.7. The minimum absolute atomic E-state index is 0.0114. The summed E-state index contributed by atoms with van der Waals surface area (Å²) in [5.41, 5.74) is -0.980. The van der Waals surface area contributed by atoms with Crippen molar-refractivity contribution in [3.05, 3.63) is 29.0 Å². The molecule has 1 saturated heterocycles. The van der Waals surface area contributed by atoms with Gasteiger partial charge in [0.05, 0.1) is 16.5 Å². The number of nitrogens with one attached hydrogen (secondary N) is 2. The minimum atomic E-state index is -0.583. The van der Waals surface area contributed by atoms with Gasteiger partial charge < -0.3 is 20.1 Å². The summed E-state index contributed by atoms with van der Waals surface area (Å²) < 4.78 is 24.9. The first-order valence-corrected chi connectivity index (χ1v) is 14.7. The Balaban J connectivity index is 1.16. The molecule has 1 aromatic rings. The van der Waals surface area contributed by atoms with Crippen LogP contribution in [-0.2, 0) is 14.3 Å². The lowest BCUT2D eigenvalue weighted by Crippen LogP contribution is -2.84. The zero-order valence-electron chi connectivity index (χ0n) is 20.9. The number of halogens is 2. The van der Waals surface area contributed by atoms with Crippen LogP contribution in [0.3, 0.4) is 0 Å². The molecule has 0 spiro atoms. The first-order chi connectivity index (χ1) is 17.3. The Kier molecular flexibility index (Phi) is 7.50. The van der Waals surface area contributed by atoms with Gasteiger partial charge in [0.2, 0.25) is 5.91 Å². The quantitative estimate of drug-likeness (QED) is 0.493. The lowest BCUT2D eigenvalue weighted by atomic mass is 9.44. The van der Waals surface area contributed by atoms with Gasteiger partial charge in [-0.05, 0) is 50.2 Å². The lowest BCUT2D eigenvalue weighted by Gasteiger charge is -2.70. The monoisotopic (exact) mass is 538 g/mol. The number of carbonyl (C=O) groups is 2. The van der Waals surface area contributed by atoms with E-state index in [4.69, 9.17) is 21.1 Å². The molecule has 6 rings (SSSR count). The van der Waals surface area contributed by atoms with Gasteiger partial charge >= 0.3 is 0 Å². The smallest absolute Gasteiger partial charge is 0.258 e. The number of benzene rings is 1. The third kappa shape index (κ3) is 4.85. The molecule has 5 fully saturated rings. The molecule has 4 saturated carbocycles. The van der Waals surface area contributed by atoms with E-state index in [-0.39, 0.29) is 46.4 Å². The summed E-state index contributed by atoms with van der Waals surface area (Å²) in [6.07, 6.45) is 10.5. The summed E-state index contributed by atoms with van der Waals surface area (Å²) in [6.45, 7) is -0.195. The van der Waals surface area contributed by atoms with Crippen molar-refractivity contribution in [3.8, 4) is 5.75 Å². The first kappa shape index (κ1) is 26.1. The maximum absolute atomic E-state index is 14.0. The molecule has 2 unspecified atom stereocenters. The molecular weight excluding hydrogens is 503 g/mol. The molecule has 1 aromatic carbocycles. The topological polar surface area (TPSA) is 76.7 Å². The van der Waals surface area contributed by atoms with Crippen molar-refractivity contribution in [2.75, 3.05) is 25.2 Å². The van der Waals surface area contributed by atoms with Crippen molar-refractivity contribution in [2.24, 2.45) is 11.3 Å². The van der Waals surface area contributed by atoms with E-state index in [1.165, 1.54) is 50.3 Å². The zero-order chi connectivity index (χ0) is 25.4. The van der Waals surface area contributed by atoms with E-state index < -0.39 is 11.2 Å². The molecule has 9 heteroatoms. The van der Waals surface area contributed by atoms with E-state index >= 15 is 0 Å². The van der Waals surface area contributed by atoms with E-state index in [9.17, 15) is 14.0 Å². The number of thioether (sulfide) groups is 1. The summed E-state index contributed by atoms with van der Waals surface area (Å²) in [5, 5.41) is 6.52. The highest BCUT2D eigenvalue weighted by Crippen LogP contribution is 2.61. The number of amides is 2. The lowest BCUT2D eigenvalue weighted by molar-refractivity contribution is -0.162. The average Bonchev–Trinajstić information content (AvgIpc) is 3.22. The molecule has 198 valence electrons. The van der Waals surface area contributed by atoms with Crippen molar-refractivity contribution >= 4 is 35.2 Å². The Morgan fingerprint density at radius 1 is 1.08 bits per heavy atom. The van der Waals surface area contributed by atoms with Gasteiger partial charge in [-0.1, -0.05) is 43.7 Å². The van der Waals surface area contributed by atoms with Crippen LogP contribution in [0.2, 0.25) is 5.02 Å². The third-order valence-electron chi connectivity index (χ3n) is 8.80. The molecule has 36 heavy (non-hydrogen) atoms. The number of carbonyl (C=O) groups excluding carboxylic acids is 2. The molecule has 4 aliphatic carbocycles. The summed E-state index contributed by atoms with van der Waals surface area (Å²) in [5.74, 6) is 1.62. The van der Waals surface area contributed by atoms with Crippen LogP contribution in [-0.4, -0.2) is 54.2 Å². The molecule has 2 amide bonds. The highest BCUT2D eigenvalue weighted by molar-refractivity contribution is 7.99. The first-order valence-electron chi connectivity index (χ1n) is 13.1. The van der Waals surface area contributed by atoms with Crippen LogP contribution in [0.4, 0.5) is 4.39 Å². The van der Waals surface area contributed by atoms with Crippen LogP contribution in [0.15, 0.2) is 18.2 Å². The van der Waals surface area contributed by atoms with Crippen LogP contribution >= 0.6 is 23.4 Å². The summed E-state index contributed by atoms with van der Waals surface area (Å²) in [4.78, 5) is 26.4. The van der Waals surface area contributed by atoms with Crippen LogP contribution < -0.4 is 15.4 Å². The maximum Gasteiger partial charge on any atom is 0.258 e. The molecule has 1 aliphatic heterocycles. The van der Waals surface area contributed by atoms with Crippen LogP contribution in [0.5, 0.6) is 5.75 Å². The predicted octanol–water partition coefficient (Wildman–Crippen LogP) is 4.87. The van der Waals surface area contributed by atoms with Crippen LogP contribution in [0.25, 0.3) is 0 Å². The molecule has 2 N–H and O–H groups in total. The fraction of sp³-hybridized carbons (Fsp3) is 0.704. The summed E-state index contributed by atoms with van der Waals surface area (Å²) >= 11 is 7.52. The number of methoxy groups -OCH3 is 1. The molecule has 0 aromatic heterocycles. The summed E-state index contributed by atoms with van der Waals surface area (Å²) in [7, 11) is 1.74. The third-order valence-corrected chi connectivity index (χ3v) is 10.3. The van der Waals surface area contributed by atoms with Crippen molar-refractivity contribution in [3.63, 3.8) is 0 Å². The number of ether oxygens (including phenoxy) is 2. The maximum atomic E-state index is 14.0.